The Morgan fingerprint density at radius 3 is 2.23 bits per heavy atom. The van der Waals surface area contributed by atoms with Gasteiger partial charge in [-0.15, -0.1) is 20.1 Å². The van der Waals surface area contributed by atoms with E-state index < -0.39 is 17.9 Å². The summed E-state index contributed by atoms with van der Waals surface area (Å²) < 4.78 is 63.2. The topological polar surface area (TPSA) is 30.5 Å². The van der Waals surface area contributed by atoms with E-state index in [0.29, 0.717) is 16.1 Å². The first-order valence-electron chi connectivity index (χ1n) is 9.14. The van der Waals surface area contributed by atoms with E-state index in [9.17, 15) is 17.6 Å². The molecule has 0 radical (unpaired) electrons. The maximum atomic E-state index is 13.9. The molecule has 1 aromatic heterocycles. The lowest BCUT2D eigenvalue weighted by Gasteiger charge is -2.10. The van der Waals surface area contributed by atoms with Gasteiger partial charge in [0.15, 0.2) is 11.5 Å². The minimum Gasteiger partial charge on any atom is -0.395 e. The molecule has 0 saturated carbocycles. The summed E-state index contributed by atoms with van der Waals surface area (Å²) in [5, 5.41) is 3.47. The summed E-state index contributed by atoms with van der Waals surface area (Å²) in [6, 6.07) is 10.0. The van der Waals surface area contributed by atoms with Crippen molar-refractivity contribution in [1.29, 1.82) is 0 Å². The third-order valence-corrected chi connectivity index (χ3v) is 5.19. The number of aryl methyl sites for hydroxylation is 1. The molecule has 2 heterocycles. The molecule has 0 bridgehead atoms. The molecule has 0 fully saturated rings. The molecule has 0 spiro atoms. The second-order valence-electron chi connectivity index (χ2n) is 6.15. The second-order valence-corrected chi connectivity index (χ2v) is 7.23. The Hall–Kier alpha value is -3.00. The Kier molecular flexibility index (Phi) is 6.07. The molecule has 0 amide bonds. The number of ether oxygens (including phenoxy) is 2. The normalized spacial score (nSPS) is 13.4. The van der Waals surface area contributed by atoms with Gasteiger partial charge in [-0.1, -0.05) is 26.5 Å². The predicted molar refractivity (Wildman–Crippen MR) is 111 cm³/mol. The van der Waals surface area contributed by atoms with Crippen LogP contribution in [0.4, 0.5) is 22.6 Å². The van der Waals surface area contributed by atoms with E-state index in [-0.39, 0.29) is 22.8 Å². The zero-order valence-corrected chi connectivity index (χ0v) is 17.3. The van der Waals surface area contributed by atoms with E-state index in [2.05, 4.69) is 21.4 Å². The molecule has 0 saturated heterocycles. The van der Waals surface area contributed by atoms with Crippen LogP contribution in [0.3, 0.4) is 0 Å². The number of anilines is 1. The number of thiophene rings is 1. The Balaban J connectivity index is 0.00000124. The van der Waals surface area contributed by atoms with Gasteiger partial charge in [-0.3, -0.25) is 0 Å². The second kappa shape index (κ2) is 8.39. The number of rotatable bonds is 4. The lowest BCUT2D eigenvalue weighted by atomic mass is 10.1. The van der Waals surface area contributed by atoms with Crippen molar-refractivity contribution < 1.29 is 27.0 Å². The summed E-state index contributed by atoms with van der Waals surface area (Å²) in [6.07, 6.45) is -3.68. The molecule has 30 heavy (non-hydrogen) atoms. The standard InChI is InChI=1S/C20H13F4NO2S.C2H6/c1-10-8-15-16(27-20(23,24)26-15)9-12(10)17-6-7-18(28-17)25-11(2)19-13(21)4-3-5-14(19)22;1-2/h3-9,25H,2H2,1H3;1-2H3. The molecular weight excluding hydrogens is 418 g/mol. The predicted octanol–water partition coefficient (Wildman–Crippen LogP) is 7.43. The third-order valence-electron chi connectivity index (χ3n) is 4.16. The van der Waals surface area contributed by atoms with Crippen molar-refractivity contribution in [2.24, 2.45) is 0 Å². The van der Waals surface area contributed by atoms with Crippen molar-refractivity contribution in [2.75, 3.05) is 5.32 Å². The van der Waals surface area contributed by atoms with E-state index in [0.717, 1.165) is 17.0 Å². The highest BCUT2D eigenvalue weighted by atomic mass is 32.1. The fourth-order valence-corrected chi connectivity index (χ4v) is 3.92. The van der Waals surface area contributed by atoms with E-state index in [1.165, 1.54) is 29.5 Å². The average molecular weight is 437 g/mol. The first-order chi connectivity index (χ1) is 14.2. The van der Waals surface area contributed by atoms with Gasteiger partial charge in [0, 0.05) is 10.6 Å². The quantitative estimate of drug-likeness (QED) is 0.431. The molecule has 1 N–H and O–H groups in total. The first-order valence-corrected chi connectivity index (χ1v) is 9.96. The smallest absolute Gasteiger partial charge is 0.395 e. The van der Waals surface area contributed by atoms with Gasteiger partial charge in [0.05, 0.1) is 10.6 Å². The Bertz CT molecular complexity index is 1070. The first kappa shape index (κ1) is 21.7. The number of halogens is 4. The summed E-state index contributed by atoms with van der Waals surface area (Å²) in [5.41, 5.74) is 1.23. The molecule has 3 nitrogen and oxygen atoms in total. The van der Waals surface area contributed by atoms with Crippen LogP contribution in [-0.4, -0.2) is 6.29 Å². The van der Waals surface area contributed by atoms with Gasteiger partial charge in [0.1, 0.15) is 11.6 Å². The SMILES string of the molecule is C=C(Nc1ccc(-c2cc3c(cc2C)OC(F)(F)O3)s1)c1c(F)cccc1F.CC. The molecule has 2 aromatic carbocycles. The number of fused-ring (bicyclic) bond motifs is 1. The fourth-order valence-electron chi connectivity index (χ4n) is 2.91. The summed E-state index contributed by atoms with van der Waals surface area (Å²) in [6.45, 7) is 9.46. The van der Waals surface area contributed by atoms with Gasteiger partial charge in [0.2, 0.25) is 0 Å². The molecule has 0 aliphatic carbocycles. The third kappa shape index (κ3) is 4.28. The van der Waals surface area contributed by atoms with E-state index in [1.807, 2.05) is 13.8 Å². The van der Waals surface area contributed by atoms with Crippen LogP contribution < -0.4 is 14.8 Å². The van der Waals surface area contributed by atoms with Crippen molar-refractivity contribution in [3.63, 3.8) is 0 Å². The molecular formula is C22H19F4NO2S. The lowest BCUT2D eigenvalue weighted by Crippen LogP contribution is -2.25. The van der Waals surface area contributed by atoms with Crippen molar-refractivity contribution in [3.8, 4) is 21.9 Å². The zero-order chi connectivity index (χ0) is 22.1. The molecule has 1 aliphatic rings. The molecule has 0 atom stereocenters. The lowest BCUT2D eigenvalue weighted by molar-refractivity contribution is -0.286. The minimum atomic E-state index is -3.68. The summed E-state index contributed by atoms with van der Waals surface area (Å²) in [4.78, 5) is 0.753. The highest BCUT2D eigenvalue weighted by Crippen LogP contribution is 2.46. The van der Waals surface area contributed by atoms with Gasteiger partial charge in [-0.05, 0) is 54.4 Å². The highest BCUT2D eigenvalue weighted by Gasteiger charge is 2.43. The van der Waals surface area contributed by atoms with Gasteiger partial charge < -0.3 is 14.8 Å². The van der Waals surface area contributed by atoms with Crippen molar-refractivity contribution in [2.45, 2.75) is 27.1 Å². The van der Waals surface area contributed by atoms with Gasteiger partial charge in [-0.2, -0.15) is 0 Å². The summed E-state index contributed by atoms with van der Waals surface area (Å²) in [5.74, 6) is -1.51. The van der Waals surface area contributed by atoms with Crippen LogP contribution in [-0.2, 0) is 0 Å². The largest absolute Gasteiger partial charge is 0.586 e. The van der Waals surface area contributed by atoms with Crippen LogP contribution in [0.2, 0.25) is 0 Å². The molecule has 158 valence electrons. The maximum Gasteiger partial charge on any atom is 0.586 e. The van der Waals surface area contributed by atoms with E-state index in [4.69, 9.17) is 0 Å². The van der Waals surface area contributed by atoms with Crippen LogP contribution in [0, 0.1) is 18.6 Å². The molecule has 8 heteroatoms. The number of hydrogen-bond donors (Lipinski definition) is 1. The number of hydrogen-bond acceptors (Lipinski definition) is 4. The number of benzene rings is 2. The van der Waals surface area contributed by atoms with Gasteiger partial charge in [0.25, 0.3) is 0 Å². The molecule has 4 rings (SSSR count). The summed E-state index contributed by atoms with van der Waals surface area (Å²) >= 11 is 1.28. The fraction of sp³-hybridized carbons (Fsp3) is 0.182. The maximum absolute atomic E-state index is 13.9. The van der Waals surface area contributed by atoms with E-state index in [1.54, 1.807) is 19.1 Å². The van der Waals surface area contributed by atoms with Crippen molar-refractivity contribution >= 4 is 22.0 Å². The monoisotopic (exact) mass is 437 g/mol. The zero-order valence-electron chi connectivity index (χ0n) is 16.5. The molecule has 1 aliphatic heterocycles. The Labute approximate surface area is 175 Å². The van der Waals surface area contributed by atoms with Crippen LogP contribution in [0.1, 0.15) is 25.0 Å². The summed E-state index contributed by atoms with van der Waals surface area (Å²) in [7, 11) is 0. The van der Waals surface area contributed by atoms with Crippen LogP contribution in [0.25, 0.3) is 16.1 Å². The highest BCUT2D eigenvalue weighted by molar-refractivity contribution is 7.19. The number of nitrogens with one attached hydrogen (secondary N) is 1. The Morgan fingerprint density at radius 2 is 1.60 bits per heavy atom. The Morgan fingerprint density at radius 1 is 1.00 bits per heavy atom. The molecule has 0 unspecified atom stereocenters. The van der Waals surface area contributed by atoms with Gasteiger partial charge >= 0.3 is 6.29 Å². The molecule has 3 aromatic rings. The van der Waals surface area contributed by atoms with Gasteiger partial charge in [-0.25, -0.2) is 8.78 Å². The van der Waals surface area contributed by atoms with E-state index >= 15 is 0 Å². The minimum absolute atomic E-state index is 0.0236. The van der Waals surface area contributed by atoms with Crippen LogP contribution >= 0.6 is 11.3 Å². The van der Waals surface area contributed by atoms with Crippen molar-refractivity contribution in [1.82, 2.24) is 0 Å². The average Bonchev–Trinajstić information content (AvgIpc) is 3.24. The number of alkyl halides is 2. The van der Waals surface area contributed by atoms with Crippen molar-refractivity contribution in [3.05, 3.63) is 71.8 Å². The van der Waals surface area contributed by atoms with Crippen LogP contribution in [0.15, 0.2) is 49.0 Å². The van der Waals surface area contributed by atoms with Crippen LogP contribution in [0.5, 0.6) is 11.5 Å².